The molecule has 0 saturated carbocycles. The Morgan fingerprint density at radius 3 is 2.47 bits per heavy atom. The van der Waals surface area contributed by atoms with E-state index in [1.54, 1.807) is 4.90 Å². The average Bonchev–Trinajstić information content (AvgIpc) is 2.79. The quantitative estimate of drug-likeness (QED) is 0.909. The first-order chi connectivity index (χ1) is 8.84. The Hall–Kier alpha value is -1.15. The molecule has 5 nitrogen and oxygen atoms in total. The zero-order valence-electron chi connectivity index (χ0n) is 10.6. The van der Waals surface area contributed by atoms with Gasteiger partial charge in [-0.3, -0.25) is 4.90 Å². The summed E-state index contributed by atoms with van der Waals surface area (Å²) in [7, 11) is 0. The molecule has 1 aromatic heterocycles. The van der Waals surface area contributed by atoms with Crippen LogP contribution >= 0.6 is 0 Å². The smallest absolute Gasteiger partial charge is 0.380 e. The number of alkyl halides is 3. The van der Waals surface area contributed by atoms with Crippen LogP contribution in [0, 0.1) is 0 Å². The van der Waals surface area contributed by atoms with Crippen molar-refractivity contribution in [2.24, 2.45) is 0 Å². The van der Waals surface area contributed by atoms with Gasteiger partial charge < -0.3 is 9.63 Å². The molecular weight excluding hydrogens is 263 g/mol. The van der Waals surface area contributed by atoms with Gasteiger partial charge in [-0.25, -0.2) is 0 Å². The van der Waals surface area contributed by atoms with Gasteiger partial charge in [0.25, 0.3) is 0 Å². The number of aromatic nitrogens is 2. The highest BCUT2D eigenvalue weighted by Gasteiger charge is 2.54. The van der Waals surface area contributed by atoms with Crippen LogP contribution in [0.25, 0.3) is 0 Å². The number of halogens is 3. The number of rotatable bonds is 3. The van der Waals surface area contributed by atoms with Gasteiger partial charge in [0, 0.05) is 19.5 Å². The van der Waals surface area contributed by atoms with E-state index in [4.69, 9.17) is 4.52 Å². The summed E-state index contributed by atoms with van der Waals surface area (Å²) in [5.41, 5.74) is -2.56. The fourth-order valence-corrected chi connectivity index (χ4v) is 2.05. The molecule has 0 radical (unpaired) electrons. The van der Waals surface area contributed by atoms with Crippen LogP contribution in [0.1, 0.15) is 31.5 Å². The molecule has 0 amide bonds. The Morgan fingerprint density at radius 2 is 2.00 bits per heavy atom. The highest BCUT2D eigenvalue weighted by atomic mass is 19.4. The summed E-state index contributed by atoms with van der Waals surface area (Å²) < 4.78 is 42.8. The fraction of sp³-hybridized carbons (Fsp3) is 0.818. The SMILES string of the molecule is CCc1noc(CN2CCC(O)(C(F)(F)F)CC2)n1. The zero-order valence-corrected chi connectivity index (χ0v) is 10.6. The molecule has 1 aliphatic heterocycles. The standard InChI is InChI=1S/C11H16F3N3O2/c1-2-8-15-9(19-16-8)7-17-5-3-10(18,4-6-17)11(12,13)14/h18H,2-7H2,1H3. The van der Waals surface area contributed by atoms with Gasteiger partial charge in [-0.05, 0) is 12.8 Å². The van der Waals surface area contributed by atoms with Crippen molar-refractivity contribution in [3.8, 4) is 0 Å². The molecule has 1 aliphatic rings. The highest BCUT2D eigenvalue weighted by molar-refractivity contribution is 4.93. The maximum absolute atomic E-state index is 12.6. The van der Waals surface area contributed by atoms with Crippen LogP contribution < -0.4 is 0 Å². The minimum absolute atomic E-state index is 0.153. The molecule has 0 spiro atoms. The van der Waals surface area contributed by atoms with Gasteiger partial charge in [0.15, 0.2) is 11.4 Å². The molecule has 0 aliphatic carbocycles. The van der Waals surface area contributed by atoms with E-state index in [9.17, 15) is 18.3 Å². The summed E-state index contributed by atoms with van der Waals surface area (Å²) in [4.78, 5) is 5.87. The summed E-state index contributed by atoms with van der Waals surface area (Å²) in [5.74, 6) is 0.980. The summed E-state index contributed by atoms with van der Waals surface area (Å²) in [6, 6.07) is 0. The number of likely N-dealkylation sites (tertiary alicyclic amines) is 1. The van der Waals surface area contributed by atoms with E-state index in [1.165, 1.54) is 0 Å². The average molecular weight is 279 g/mol. The van der Waals surface area contributed by atoms with E-state index in [0.717, 1.165) is 0 Å². The van der Waals surface area contributed by atoms with E-state index < -0.39 is 11.8 Å². The van der Waals surface area contributed by atoms with Gasteiger partial charge in [0.1, 0.15) is 0 Å². The Labute approximate surface area is 108 Å². The number of aliphatic hydroxyl groups is 1. The summed E-state index contributed by atoms with van der Waals surface area (Å²) in [5, 5.41) is 13.3. The third kappa shape index (κ3) is 3.06. The van der Waals surface area contributed by atoms with Crippen LogP contribution in [-0.4, -0.2) is 45.0 Å². The van der Waals surface area contributed by atoms with Crippen LogP contribution in [-0.2, 0) is 13.0 Å². The largest absolute Gasteiger partial charge is 0.417 e. The van der Waals surface area contributed by atoms with E-state index >= 15 is 0 Å². The lowest BCUT2D eigenvalue weighted by molar-refractivity contribution is -0.273. The number of aryl methyl sites for hydroxylation is 1. The summed E-state index contributed by atoms with van der Waals surface area (Å²) >= 11 is 0. The lowest BCUT2D eigenvalue weighted by Gasteiger charge is -2.38. The van der Waals surface area contributed by atoms with Crippen molar-refractivity contribution >= 4 is 0 Å². The molecule has 0 unspecified atom stereocenters. The van der Waals surface area contributed by atoms with Crippen LogP contribution in [0.4, 0.5) is 13.2 Å². The predicted molar refractivity (Wildman–Crippen MR) is 59.2 cm³/mol. The normalized spacial score (nSPS) is 20.7. The van der Waals surface area contributed by atoms with Gasteiger partial charge in [0.05, 0.1) is 6.54 Å². The van der Waals surface area contributed by atoms with Crippen molar-refractivity contribution in [3.05, 3.63) is 11.7 Å². The first kappa shape index (κ1) is 14.3. The fourth-order valence-electron chi connectivity index (χ4n) is 2.05. The Balaban J connectivity index is 1.90. The molecule has 2 heterocycles. The number of hydrogen-bond donors (Lipinski definition) is 1. The summed E-state index contributed by atoms with van der Waals surface area (Å²) in [6.45, 7) is 2.51. The third-order valence-corrected chi connectivity index (χ3v) is 3.40. The lowest BCUT2D eigenvalue weighted by Crippen LogP contribution is -2.53. The summed E-state index contributed by atoms with van der Waals surface area (Å²) in [6.07, 6.45) is -4.58. The van der Waals surface area contributed by atoms with Crippen LogP contribution in [0.5, 0.6) is 0 Å². The van der Waals surface area contributed by atoms with Gasteiger partial charge in [0.2, 0.25) is 5.89 Å². The molecular formula is C11H16F3N3O2. The molecule has 8 heteroatoms. The molecule has 0 aromatic carbocycles. The van der Waals surface area contributed by atoms with E-state index in [1.807, 2.05) is 6.92 Å². The number of piperidine rings is 1. The zero-order chi connectivity index (χ0) is 14.1. The Kier molecular flexibility index (Phi) is 3.82. The van der Waals surface area contributed by atoms with Crippen molar-refractivity contribution in [2.75, 3.05) is 13.1 Å². The van der Waals surface area contributed by atoms with Gasteiger partial charge >= 0.3 is 6.18 Å². The molecule has 108 valence electrons. The molecule has 19 heavy (non-hydrogen) atoms. The van der Waals surface area contributed by atoms with Crippen LogP contribution in [0.3, 0.4) is 0 Å². The monoisotopic (exact) mass is 279 g/mol. The van der Waals surface area contributed by atoms with Crippen LogP contribution in [0.2, 0.25) is 0 Å². The maximum Gasteiger partial charge on any atom is 0.417 e. The Bertz CT molecular complexity index is 425. The second kappa shape index (κ2) is 5.09. The molecule has 2 rings (SSSR count). The minimum atomic E-state index is -4.57. The molecule has 0 atom stereocenters. The van der Waals surface area contributed by atoms with Crippen molar-refractivity contribution in [1.82, 2.24) is 15.0 Å². The van der Waals surface area contributed by atoms with Crippen molar-refractivity contribution < 1.29 is 22.8 Å². The first-order valence-electron chi connectivity index (χ1n) is 6.17. The van der Waals surface area contributed by atoms with Crippen LogP contribution in [0.15, 0.2) is 4.52 Å². The molecule has 1 saturated heterocycles. The van der Waals surface area contributed by atoms with E-state index in [-0.39, 0.29) is 25.9 Å². The highest BCUT2D eigenvalue weighted by Crippen LogP contribution is 2.38. The van der Waals surface area contributed by atoms with E-state index in [2.05, 4.69) is 10.1 Å². The molecule has 1 N–H and O–H groups in total. The predicted octanol–water partition coefficient (Wildman–Crippen LogP) is 1.52. The molecule has 1 fully saturated rings. The van der Waals surface area contributed by atoms with Crippen molar-refractivity contribution in [2.45, 2.75) is 44.5 Å². The maximum atomic E-state index is 12.6. The van der Waals surface area contributed by atoms with Gasteiger partial charge in [-0.2, -0.15) is 18.2 Å². The molecule has 1 aromatic rings. The minimum Gasteiger partial charge on any atom is -0.380 e. The second-order valence-electron chi connectivity index (χ2n) is 4.76. The Morgan fingerprint density at radius 1 is 1.37 bits per heavy atom. The van der Waals surface area contributed by atoms with Gasteiger partial charge in [-0.15, -0.1) is 0 Å². The van der Waals surface area contributed by atoms with Crippen molar-refractivity contribution in [3.63, 3.8) is 0 Å². The topological polar surface area (TPSA) is 62.4 Å². The number of hydrogen-bond acceptors (Lipinski definition) is 5. The lowest BCUT2D eigenvalue weighted by atomic mass is 9.91. The van der Waals surface area contributed by atoms with Crippen molar-refractivity contribution in [1.29, 1.82) is 0 Å². The van der Waals surface area contributed by atoms with E-state index in [0.29, 0.717) is 24.7 Å². The first-order valence-corrected chi connectivity index (χ1v) is 6.17. The second-order valence-corrected chi connectivity index (χ2v) is 4.76. The molecule has 0 bridgehead atoms. The van der Waals surface area contributed by atoms with Gasteiger partial charge in [-0.1, -0.05) is 12.1 Å². The number of nitrogens with zero attached hydrogens (tertiary/aromatic N) is 3. The third-order valence-electron chi connectivity index (χ3n) is 3.40.